The van der Waals surface area contributed by atoms with Crippen LogP contribution < -0.4 is 4.74 Å². The van der Waals surface area contributed by atoms with Gasteiger partial charge in [0.15, 0.2) is 4.96 Å². The molecule has 27 heavy (non-hydrogen) atoms. The van der Waals surface area contributed by atoms with E-state index >= 15 is 0 Å². The van der Waals surface area contributed by atoms with Crippen molar-refractivity contribution in [3.8, 4) is 5.75 Å². The molecule has 3 aromatic rings. The van der Waals surface area contributed by atoms with Crippen LogP contribution in [0, 0.1) is 0 Å². The molecule has 0 atom stereocenters. The summed E-state index contributed by atoms with van der Waals surface area (Å²) in [5.74, 6) is 0.680. The summed E-state index contributed by atoms with van der Waals surface area (Å²) in [7, 11) is 1.58. The van der Waals surface area contributed by atoms with E-state index in [0.717, 1.165) is 10.7 Å². The number of benzene rings is 1. The largest absolute Gasteiger partial charge is 0.497 e. The van der Waals surface area contributed by atoms with Gasteiger partial charge in [-0.3, -0.25) is 14.0 Å². The van der Waals surface area contributed by atoms with Crippen LogP contribution in [0.1, 0.15) is 16.1 Å². The van der Waals surface area contributed by atoms with Gasteiger partial charge in [-0.2, -0.15) is 0 Å². The Labute approximate surface area is 160 Å². The lowest BCUT2D eigenvalue weighted by Gasteiger charge is -2.34. The van der Waals surface area contributed by atoms with Crippen molar-refractivity contribution in [3.05, 3.63) is 53.3 Å². The molecule has 1 fully saturated rings. The van der Waals surface area contributed by atoms with Crippen molar-refractivity contribution in [2.45, 2.75) is 6.42 Å². The molecule has 1 aliphatic rings. The van der Waals surface area contributed by atoms with Gasteiger partial charge in [-0.15, -0.1) is 11.3 Å². The number of rotatable bonds is 4. The molecular formula is C19H20N4O3S. The molecule has 2 aromatic heterocycles. The predicted molar refractivity (Wildman–Crippen MR) is 102 cm³/mol. The lowest BCUT2D eigenvalue weighted by molar-refractivity contribution is -0.132. The predicted octanol–water partition coefficient (Wildman–Crippen LogP) is 1.93. The summed E-state index contributed by atoms with van der Waals surface area (Å²) >= 11 is 1.55. The number of aromatic nitrogens is 2. The van der Waals surface area contributed by atoms with Crippen LogP contribution in [-0.2, 0) is 11.2 Å². The van der Waals surface area contributed by atoms with Gasteiger partial charge >= 0.3 is 0 Å². The fourth-order valence-electron chi connectivity index (χ4n) is 3.23. The Kier molecular flexibility index (Phi) is 4.81. The number of amides is 2. The maximum absolute atomic E-state index is 12.7. The van der Waals surface area contributed by atoms with Crippen molar-refractivity contribution in [1.82, 2.24) is 19.2 Å². The van der Waals surface area contributed by atoms with Crippen molar-refractivity contribution in [3.63, 3.8) is 0 Å². The molecule has 0 bridgehead atoms. The third-order valence-electron chi connectivity index (χ3n) is 4.71. The van der Waals surface area contributed by atoms with E-state index in [-0.39, 0.29) is 18.2 Å². The smallest absolute Gasteiger partial charge is 0.254 e. The molecule has 140 valence electrons. The van der Waals surface area contributed by atoms with Gasteiger partial charge in [0.05, 0.1) is 19.2 Å². The summed E-state index contributed by atoms with van der Waals surface area (Å²) in [4.78, 5) is 34.2. The second-order valence-corrected chi connectivity index (χ2v) is 7.28. The summed E-state index contributed by atoms with van der Waals surface area (Å²) in [6, 6.07) is 7.14. The number of hydrogen-bond acceptors (Lipinski definition) is 5. The molecule has 1 aliphatic heterocycles. The molecule has 7 nitrogen and oxygen atoms in total. The molecule has 0 radical (unpaired) electrons. The number of carbonyl (C=O) groups excluding carboxylic acids is 2. The average Bonchev–Trinajstić information content (AvgIpc) is 3.29. The Morgan fingerprint density at radius 3 is 2.70 bits per heavy atom. The summed E-state index contributed by atoms with van der Waals surface area (Å²) in [6.45, 7) is 2.13. The number of hydrogen-bond donors (Lipinski definition) is 0. The van der Waals surface area contributed by atoms with Crippen molar-refractivity contribution in [1.29, 1.82) is 0 Å². The number of thiazole rings is 1. The van der Waals surface area contributed by atoms with Gasteiger partial charge in [-0.05, 0) is 18.2 Å². The highest BCUT2D eigenvalue weighted by Crippen LogP contribution is 2.16. The van der Waals surface area contributed by atoms with E-state index in [0.29, 0.717) is 37.5 Å². The second kappa shape index (κ2) is 7.40. The summed E-state index contributed by atoms with van der Waals surface area (Å²) in [5.41, 5.74) is 1.38. The van der Waals surface area contributed by atoms with Gasteiger partial charge in [-0.1, -0.05) is 6.07 Å². The minimum Gasteiger partial charge on any atom is -0.497 e. The first-order chi connectivity index (χ1) is 13.1. The van der Waals surface area contributed by atoms with E-state index in [2.05, 4.69) is 4.98 Å². The lowest BCUT2D eigenvalue weighted by Crippen LogP contribution is -2.51. The monoisotopic (exact) mass is 384 g/mol. The first-order valence-electron chi connectivity index (χ1n) is 8.76. The van der Waals surface area contributed by atoms with Crippen LogP contribution in [0.25, 0.3) is 4.96 Å². The topological polar surface area (TPSA) is 67.2 Å². The number of carbonyl (C=O) groups is 2. The van der Waals surface area contributed by atoms with Crippen molar-refractivity contribution in [2.75, 3.05) is 33.3 Å². The number of fused-ring (bicyclic) bond motifs is 1. The Balaban J connectivity index is 1.34. The van der Waals surface area contributed by atoms with Crippen LogP contribution >= 0.6 is 11.3 Å². The summed E-state index contributed by atoms with van der Waals surface area (Å²) < 4.78 is 7.11. The van der Waals surface area contributed by atoms with Crippen molar-refractivity contribution >= 4 is 28.1 Å². The Morgan fingerprint density at radius 2 is 1.96 bits per heavy atom. The SMILES string of the molecule is COc1cccc(C(=O)N2CCN(C(=O)Cc3cn4ccsc4n3)CC2)c1. The molecule has 0 N–H and O–H groups in total. The lowest BCUT2D eigenvalue weighted by atomic mass is 10.1. The van der Waals surface area contributed by atoms with E-state index in [1.54, 1.807) is 35.5 Å². The minimum atomic E-state index is -0.0321. The van der Waals surface area contributed by atoms with E-state index in [4.69, 9.17) is 4.74 Å². The molecule has 0 saturated carbocycles. The molecule has 1 aromatic carbocycles. The highest BCUT2D eigenvalue weighted by Gasteiger charge is 2.25. The highest BCUT2D eigenvalue weighted by atomic mass is 32.1. The molecule has 3 heterocycles. The van der Waals surface area contributed by atoms with Crippen molar-refractivity contribution in [2.24, 2.45) is 0 Å². The maximum Gasteiger partial charge on any atom is 0.254 e. The van der Waals surface area contributed by atoms with E-state index in [9.17, 15) is 9.59 Å². The second-order valence-electron chi connectivity index (χ2n) is 6.41. The van der Waals surface area contributed by atoms with E-state index < -0.39 is 0 Å². The summed E-state index contributed by atoms with van der Waals surface area (Å²) in [5, 5.41) is 1.96. The zero-order chi connectivity index (χ0) is 18.8. The van der Waals surface area contributed by atoms with Gasteiger partial charge in [0.2, 0.25) is 5.91 Å². The Morgan fingerprint density at radius 1 is 1.19 bits per heavy atom. The number of methoxy groups -OCH3 is 1. The minimum absolute atomic E-state index is 0.0321. The summed E-state index contributed by atoms with van der Waals surface area (Å²) in [6.07, 6.45) is 4.12. The van der Waals surface area contributed by atoms with Crippen LogP contribution in [-0.4, -0.2) is 64.3 Å². The third kappa shape index (κ3) is 3.66. The molecule has 0 aliphatic carbocycles. The van der Waals surface area contributed by atoms with Gasteiger partial charge in [0.1, 0.15) is 5.75 Å². The van der Waals surface area contributed by atoms with Crippen LogP contribution in [0.2, 0.25) is 0 Å². The first-order valence-corrected chi connectivity index (χ1v) is 9.64. The Bertz CT molecular complexity index is 944. The van der Waals surface area contributed by atoms with Gasteiger partial charge in [0.25, 0.3) is 5.91 Å². The van der Waals surface area contributed by atoms with Crippen LogP contribution in [0.3, 0.4) is 0 Å². The zero-order valence-corrected chi connectivity index (χ0v) is 15.8. The highest BCUT2D eigenvalue weighted by molar-refractivity contribution is 7.15. The van der Waals surface area contributed by atoms with Crippen LogP contribution in [0.5, 0.6) is 5.75 Å². The Hall–Kier alpha value is -2.87. The van der Waals surface area contributed by atoms with Crippen LogP contribution in [0.4, 0.5) is 0 Å². The standard InChI is InChI=1S/C19H20N4O3S/c1-26-16-4-2-3-14(11-16)18(25)22-7-5-21(6-8-22)17(24)12-15-13-23-9-10-27-19(23)20-15/h2-4,9-11,13H,5-8,12H2,1H3. The van der Waals surface area contributed by atoms with Gasteiger partial charge in [-0.25, -0.2) is 4.98 Å². The number of piperazine rings is 1. The molecule has 0 unspecified atom stereocenters. The number of imidazole rings is 1. The molecule has 0 spiro atoms. The normalized spacial score (nSPS) is 14.6. The molecule has 2 amide bonds. The number of ether oxygens (including phenoxy) is 1. The van der Waals surface area contributed by atoms with E-state index in [1.807, 2.05) is 39.2 Å². The average molecular weight is 384 g/mol. The quantitative estimate of drug-likeness (QED) is 0.689. The van der Waals surface area contributed by atoms with Crippen molar-refractivity contribution < 1.29 is 14.3 Å². The molecule has 4 rings (SSSR count). The fraction of sp³-hybridized carbons (Fsp3) is 0.316. The van der Waals surface area contributed by atoms with Gasteiger partial charge in [0, 0.05) is 49.5 Å². The molecule has 8 heteroatoms. The molecule has 1 saturated heterocycles. The van der Waals surface area contributed by atoms with Gasteiger partial charge < -0.3 is 14.5 Å². The maximum atomic E-state index is 12.7. The number of nitrogens with zero attached hydrogens (tertiary/aromatic N) is 4. The zero-order valence-electron chi connectivity index (χ0n) is 15.0. The third-order valence-corrected chi connectivity index (χ3v) is 5.48. The fourth-order valence-corrected chi connectivity index (χ4v) is 3.94. The van der Waals surface area contributed by atoms with Crippen LogP contribution in [0.15, 0.2) is 42.0 Å². The molecular weight excluding hydrogens is 364 g/mol. The van der Waals surface area contributed by atoms with E-state index in [1.165, 1.54) is 0 Å². The first kappa shape index (κ1) is 17.5.